The zero-order valence-electron chi connectivity index (χ0n) is 20.4. The summed E-state index contributed by atoms with van der Waals surface area (Å²) in [5.41, 5.74) is 3.37. The molecule has 0 aliphatic carbocycles. The van der Waals surface area contributed by atoms with Gasteiger partial charge in [0.2, 0.25) is 0 Å². The third-order valence-corrected chi connectivity index (χ3v) is 6.63. The van der Waals surface area contributed by atoms with Gasteiger partial charge < -0.3 is 15.3 Å². The monoisotopic (exact) mass is 490 g/mol. The molecule has 0 radical (unpaired) electrons. The minimum absolute atomic E-state index is 0.220. The quantitative estimate of drug-likeness (QED) is 0.220. The number of nitrogens with zero attached hydrogens (tertiary/aromatic N) is 2. The largest absolute Gasteiger partial charge is 0.382 e. The van der Waals surface area contributed by atoms with Gasteiger partial charge in [0.15, 0.2) is 0 Å². The van der Waals surface area contributed by atoms with Crippen LogP contribution < -0.4 is 10.8 Å². The predicted molar refractivity (Wildman–Crippen MR) is 131 cm³/mol. The summed E-state index contributed by atoms with van der Waals surface area (Å²) in [6.07, 6.45) is -1.91. The molecule has 192 valence electrons. The lowest BCUT2D eigenvalue weighted by Crippen LogP contribution is -2.60. The average Bonchev–Trinajstić information content (AvgIpc) is 2.85. The lowest BCUT2D eigenvalue weighted by molar-refractivity contribution is -0.150. The standard InChI is InChI=1S/C26H36F2N4O3/c1-26(34,25(27)28)23(24(33)30-35)29-13-3-4-19-5-9-21(10-6-19)22-11-7-20(8-12-22)18-32-16-14-31(2)15-17-32/h5-12,23,25,29,34-35H,3-4,13-18H2,1-2H3,(H,30,33)/t23-,26+/m1/s1. The molecule has 0 spiro atoms. The molecule has 3 rings (SSSR count). The molecule has 7 nitrogen and oxygen atoms in total. The molecule has 0 bridgehead atoms. The Morgan fingerprint density at radius 1 is 1.00 bits per heavy atom. The number of likely N-dealkylation sites (N-methyl/N-ethyl adjacent to an activating group) is 1. The van der Waals surface area contributed by atoms with Crippen molar-refractivity contribution >= 4 is 5.91 Å². The first-order valence-corrected chi connectivity index (χ1v) is 12.0. The summed E-state index contributed by atoms with van der Waals surface area (Å²) in [5, 5.41) is 21.4. The molecule has 0 aromatic heterocycles. The normalized spacial score (nSPS) is 17.8. The fraction of sp³-hybridized carbons (Fsp3) is 0.500. The van der Waals surface area contributed by atoms with Gasteiger partial charge in [0.1, 0.15) is 11.6 Å². The molecule has 1 aliphatic rings. The van der Waals surface area contributed by atoms with Crippen molar-refractivity contribution in [1.82, 2.24) is 20.6 Å². The minimum Gasteiger partial charge on any atom is -0.382 e. The molecule has 1 saturated heterocycles. The highest BCUT2D eigenvalue weighted by Gasteiger charge is 2.44. The van der Waals surface area contributed by atoms with E-state index < -0.39 is 24.0 Å². The first kappa shape index (κ1) is 27.2. The van der Waals surface area contributed by atoms with Crippen LogP contribution in [-0.4, -0.2) is 83.9 Å². The minimum atomic E-state index is -3.15. The number of aryl methyl sites for hydroxylation is 1. The molecular weight excluding hydrogens is 454 g/mol. The molecular formula is C26H36F2N4O3. The molecule has 4 N–H and O–H groups in total. The van der Waals surface area contributed by atoms with Crippen molar-refractivity contribution in [3.63, 3.8) is 0 Å². The van der Waals surface area contributed by atoms with Gasteiger partial charge in [-0.2, -0.15) is 0 Å². The number of piperazine rings is 1. The Hall–Kier alpha value is -2.43. The maximum Gasteiger partial charge on any atom is 0.268 e. The van der Waals surface area contributed by atoms with Crippen LogP contribution in [0.4, 0.5) is 8.78 Å². The maximum absolute atomic E-state index is 13.1. The van der Waals surface area contributed by atoms with Gasteiger partial charge in [-0.15, -0.1) is 0 Å². The highest BCUT2D eigenvalue weighted by Crippen LogP contribution is 2.22. The number of hydrogen-bond acceptors (Lipinski definition) is 6. The number of nitrogens with one attached hydrogen (secondary N) is 2. The van der Waals surface area contributed by atoms with Crippen LogP contribution in [0.25, 0.3) is 11.1 Å². The van der Waals surface area contributed by atoms with E-state index >= 15 is 0 Å². The van der Waals surface area contributed by atoms with Crippen molar-refractivity contribution in [1.29, 1.82) is 0 Å². The average molecular weight is 491 g/mol. The molecule has 2 aromatic carbocycles. The number of amides is 1. The van der Waals surface area contributed by atoms with Gasteiger partial charge in [0.25, 0.3) is 12.3 Å². The molecule has 1 fully saturated rings. The van der Waals surface area contributed by atoms with Crippen molar-refractivity contribution < 1.29 is 23.9 Å². The van der Waals surface area contributed by atoms with Crippen LogP contribution in [-0.2, 0) is 17.8 Å². The van der Waals surface area contributed by atoms with E-state index in [1.54, 1.807) is 0 Å². The molecule has 9 heteroatoms. The number of carbonyl (C=O) groups is 1. The zero-order chi connectivity index (χ0) is 25.4. The summed E-state index contributed by atoms with van der Waals surface area (Å²) in [7, 11) is 2.16. The number of benzene rings is 2. The highest BCUT2D eigenvalue weighted by atomic mass is 19.3. The van der Waals surface area contributed by atoms with Crippen LogP contribution >= 0.6 is 0 Å². The summed E-state index contributed by atoms with van der Waals surface area (Å²) in [6, 6.07) is 15.2. The first-order valence-electron chi connectivity index (χ1n) is 12.0. The molecule has 1 amide bonds. The Morgan fingerprint density at radius 2 is 1.54 bits per heavy atom. The van der Waals surface area contributed by atoms with Crippen LogP contribution in [0.3, 0.4) is 0 Å². The number of hydrogen-bond donors (Lipinski definition) is 4. The Bertz CT molecular complexity index is 931. The Labute approximate surface area is 205 Å². The topological polar surface area (TPSA) is 88.1 Å². The Morgan fingerprint density at radius 3 is 2.06 bits per heavy atom. The van der Waals surface area contributed by atoms with Crippen LogP contribution in [0.2, 0.25) is 0 Å². The van der Waals surface area contributed by atoms with Crippen molar-refractivity contribution in [2.45, 2.75) is 44.4 Å². The number of aliphatic hydroxyl groups is 1. The van der Waals surface area contributed by atoms with E-state index in [1.807, 2.05) is 12.1 Å². The summed E-state index contributed by atoms with van der Waals surface area (Å²) < 4.78 is 26.2. The van der Waals surface area contributed by atoms with Crippen molar-refractivity contribution in [2.75, 3.05) is 39.8 Å². The molecule has 1 aliphatic heterocycles. The van der Waals surface area contributed by atoms with Crippen LogP contribution in [0.1, 0.15) is 24.5 Å². The summed E-state index contributed by atoms with van der Waals surface area (Å²) in [5.74, 6) is -1.10. The zero-order valence-corrected chi connectivity index (χ0v) is 20.4. The van der Waals surface area contributed by atoms with Gasteiger partial charge in [-0.25, -0.2) is 14.3 Å². The number of hydroxylamine groups is 1. The third kappa shape index (κ3) is 7.52. The SMILES string of the molecule is CN1CCN(Cc2ccc(-c3ccc(CCCN[C@H](C(=O)NO)[C@](C)(O)C(F)F)cc3)cc2)CC1. The summed E-state index contributed by atoms with van der Waals surface area (Å²) in [4.78, 5) is 16.5. The first-order chi connectivity index (χ1) is 16.7. The van der Waals surface area contributed by atoms with Gasteiger partial charge in [0.05, 0.1) is 0 Å². The number of carbonyl (C=O) groups excluding carboxylic acids is 1. The second-order valence-electron chi connectivity index (χ2n) is 9.47. The van der Waals surface area contributed by atoms with E-state index in [0.717, 1.165) is 56.3 Å². The number of rotatable bonds is 11. The van der Waals surface area contributed by atoms with E-state index in [9.17, 15) is 18.7 Å². The van der Waals surface area contributed by atoms with Crippen LogP contribution in [0, 0.1) is 0 Å². The fourth-order valence-corrected chi connectivity index (χ4v) is 4.22. The number of alkyl halides is 2. The van der Waals surface area contributed by atoms with E-state index in [4.69, 9.17) is 5.21 Å². The fourth-order valence-electron chi connectivity index (χ4n) is 4.22. The molecule has 35 heavy (non-hydrogen) atoms. The van der Waals surface area contributed by atoms with Gasteiger partial charge in [0, 0.05) is 32.7 Å². The summed E-state index contributed by atoms with van der Waals surface area (Å²) in [6.45, 7) is 6.45. The summed E-state index contributed by atoms with van der Waals surface area (Å²) >= 11 is 0. The second kappa shape index (κ2) is 12.5. The van der Waals surface area contributed by atoms with E-state index in [-0.39, 0.29) is 6.54 Å². The Balaban J connectivity index is 1.48. The van der Waals surface area contributed by atoms with Crippen molar-refractivity contribution in [2.24, 2.45) is 0 Å². The molecule has 0 saturated carbocycles. The van der Waals surface area contributed by atoms with E-state index in [2.05, 4.69) is 58.6 Å². The second-order valence-corrected chi connectivity index (χ2v) is 9.47. The molecule has 1 heterocycles. The van der Waals surface area contributed by atoms with E-state index in [0.29, 0.717) is 12.8 Å². The third-order valence-electron chi connectivity index (χ3n) is 6.63. The van der Waals surface area contributed by atoms with E-state index in [1.165, 1.54) is 11.0 Å². The maximum atomic E-state index is 13.1. The smallest absolute Gasteiger partial charge is 0.268 e. The highest BCUT2D eigenvalue weighted by molar-refractivity contribution is 5.82. The predicted octanol–water partition coefficient (Wildman–Crippen LogP) is 2.51. The van der Waals surface area contributed by atoms with Crippen molar-refractivity contribution in [3.8, 4) is 11.1 Å². The van der Waals surface area contributed by atoms with Gasteiger partial charge in [-0.05, 0) is 55.6 Å². The van der Waals surface area contributed by atoms with Crippen LogP contribution in [0.5, 0.6) is 0 Å². The molecule has 0 unspecified atom stereocenters. The Kier molecular flexibility index (Phi) is 9.71. The van der Waals surface area contributed by atoms with Gasteiger partial charge in [-0.1, -0.05) is 48.5 Å². The van der Waals surface area contributed by atoms with Gasteiger partial charge in [-0.3, -0.25) is 14.9 Å². The van der Waals surface area contributed by atoms with Gasteiger partial charge >= 0.3 is 0 Å². The molecule has 2 aromatic rings. The molecule has 2 atom stereocenters. The number of halogens is 2. The lowest BCUT2D eigenvalue weighted by atomic mass is 9.96. The lowest BCUT2D eigenvalue weighted by Gasteiger charge is -2.32. The van der Waals surface area contributed by atoms with Crippen molar-refractivity contribution in [3.05, 3.63) is 59.7 Å². The van der Waals surface area contributed by atoms with Crippen LogP contribution in [0.15, 0.2) is 48.5 Å².